The Morgan fingerprint density at radius 2 is 2.08 bits per heavy atom. The molecule has 0 N–H and O–H groups in total. The lowest BCUT2D eigenvalue weighted by Crippen LogP contribution is -2.08. The van der Waals surface area contributed by atoms with Crippen molar-refractivity contribution in [3.8, 4) is 11.3 Å². The van der Waals surface area contributed by atoms with Crippen molar-refractivity contribution in [1.29, 1.82) is 0 Å². The first-order chi connectivity index (χ1) is 11.6. The summed E-state index contributed by atoms with van der Waals surface area (Å²) >= 11 is 3.37. The molecule has 0 atom stereocenters. The van der Waals surface area contributed by atoms with E-state index in [-0.39, 0.29) is 17.8 Å². The van der Waals surface area contributed by atoms with Gasteiger partial charge in [0.15, 0.2) is 0 Å². The standard InChI is InChI=1S/C16H12BrFN4O2/c1-24-16(23)11-6-13(18)15(19-7-11)9-22-8-14(20-21-22)10-2-4-12(17)5-3-10/h2-8H,9H2,1H3. The molecule has 24 heavy (non-hydrogen) atoms. The van der Waals surface area contributed by atoms with Crippen molar-refractivity contribution >= 4 is 21.9 Å². The van der Waals surface area contributed by atoms with Gasteiger partial charge >= 0.3 is 5.97 Å². The van der Waals surface area contributed by atoms with Gasteiger partial charge in [-0.15, -0.1) is 5.10 Å². The first kappa shape index (κ1) is 16.3. The van der Waals surface area contributed by atoms with Crippen molar-refractivity contribution in [2.24, 2.45) is 0 Å². The van der Waals surface area contributed by atoms with E-state index in [9.17, 15) is 9.18 Å². The van der Waals surface area contributed by atoms with Gasteiger partial charge in [0.05, 0.1) is 31.1 Å². The minimum Gasteiger partial charge on any atom is -0.465 e. The molecule has 0 radical (unpaired) electrons. The van der Waals surface area contributed by atoms with E-state index in [0.29, 0.717) is 5.69 Å². The van der Waals surface area contributed by atoms with E-state index >= 15 is 0 Å². The zero-order valence-electron chi connectivity index (χ0n) is 12.6. The third-order valence-electron chi connectivity index (χ3n) is 3.33. The lowest BCUT2D eigenvalue weighted by molar-refractivity contribution is 0.0599. The van der Waals surface area contributed by atoms with E-state index in [2.05, 4.69) is 36.0 Å². The topological polar surface area (TPSA) is 69.9 Å². The smallest absolute Gasteiger partial charge is 0.339 e. The van der Waals surface area contributed by atoms with Crippen LogP contribution in [0, 0.1) is 5.82 Å². The van der Waals surface area contributed by atoms with Crippen molar-refractivity contribution in [3.05, 3.63) is 64.3 Å². The van der Waals surface area contributed by atoms with Gasteiger partial charge in [-0.1, -0.05) is 33.3 Å². The minimum absolute atomic E-state index is 0.0629. The number of hydrogen-bond acceptors (Lipinski definition) is 5. The number of esters is 1. The van der Waals surface area contributed by atoms with Gasteiger partial charge in [0.25, 0.3) is 0 Å². The summed E-state index contributed by atoms with van der Waals surface area (Å²) in [6, 6.07) is 8.72. The Morgan fingerprint density at radius 1 is 1.33 bits per heavy atom. The molecule has 0 unspecified atom stereocenters. The molecule has 0 aliphatic rings. The molecule has 1 aromatic carbocycles. The van der Waals surface area contributed by atoms with Crippen LogP contribution in [0.1, 0.15) is 16.1 Å². The number of aromatic nitrogens is 4. The first-order valence-corrected chi connectivity index (χ1v) is 7.75. The van der Waals surface area contributed by atoms with Crippen LogP contribution in [0.15, 0.2) is 47.2 Å². The zero-order chi connectivity index (χ0) is 17.1. The number of hydrogen-bond donors (Lipinski definition) is 0. The average Bonchev–Trinajstić information content (AvgIpc) is 3.05. The van der Waals surface area contributed by atoms with E-state index in [0.717, 1.165) is 16.1 Å². The number of carbonyl (C=O) groups excluding carboxylic acids is 1. The fourth-order valence-electron chi connectivity index (χ4n) is 2.09. The molecule has 0 aliphatic carbocycles. The number of nitrogens with zero attached hydrogens (tertiary/aromatic N) is 4. The summed E-state index contributed by atoms with van der Waals surface area (Å²) in [5.74, 6) is -1.23. The van der Waals surface area contributed by atoms with Gasteiger partial charge < -0.3 is 4.74 Å². The van der Waals surface area contributed by atoms with Gasteiger partial charge in [0, 0.05) is 16.2 Å². The van der Waals surface area contributed by atoms with Gasteiger partial charge in [-0.3, -0.25) is 4.98 Å². The lowest BCUT2D eigenvalue weighted by atomic mass is 10.2. The molecule has 0 saturated heterocycles. The molecule has 3 aromatic rings. The van der Waals surface area contributed by atoms with E-state index in [1.54, 1.807) is 6.20 Å². The second kappa shape index (κ2) is 6.88. The van der Waals surface area contributed by atoms with E-state index in [1.165, 1.54) is 18.0 Å². The summed E-state index contributed by atoms with van der Waals surface area (Å²) in [6.07, 6.45) is 2.98. The first-order valence-electron chi connectivity index (χ1n) is 6.95. The molecule has 0 spiro atoms. The van der Waals surface area contributed by atoms with Crippen molar-refractivity contribution in [3.63, 3.8) is 0 Å². The highest BCUT2D eigenvalue weighted by Gasteiger charge is 2.12. The maximum Gasteiger partial charge on any atom is 0.339 e. The number of carbonyl (C=O) groups is 1. The van der Waals surface area contributed by atoms with Gasteiger partial charge in [-0.2, -0.15) is 0 Å². The van der Waals surface area contributed by atoms with Crippen LogP contribution in [0.3, 0.4) is 0 Å². The van der Waals surface area contributed by atoms with Crippen LogP contribution in [0.4, 0.5) is 4.39 Å². The number of ether oxygens (including phenoxy) is 1. The van der Waals surface area contributed by atoms with Crippen LogP contribution in [0.5, 0.6) is 0 Å². The Morgan fingerprint density at radius 3 is 2.75 bits per heavy atom. The third-order valence-corrected chi connectivity index (χ3v) is 3.86. The van der Waals surface area contributed by atoms with Gasteiger partial charge in [0.2, 0.25) is 0 Å². The molecule has 0 saturated carbocycles. The SMILES string of the molecule is COC(=O)c1cnc(Cn2cc(-c3ccc(Br)cc3)nn2)c(F)c1. The van der Waals surface area contributed by atoms with Crippen LogP contribution in [-0.2, 0) is 11.3 Å². The fraction of sp³-hybridized carbons (Fsp3) is 0.125. The molecule has 122 valence electrons. The number of pyridine rings is 1. The molecule has 0 aliphatic heterocycles. The minimum atomic E-state index is -0.633. The highest BCUT2D eigenvalue weighted by atomic mass is 79.9. The van der Waals surface area contributed by atoms with Gasteiger partial charge in [-0.05, 0) is 18.2 Å². The molecule has 8 heteroatoms. The lowest BCUT2D eigenvalue weighted by Gasteiger charge is -2.04. The quantitative estimate of drug-likeness (QED) is 0.640. The summed E-state index contributed by atoms with van der Waals surface area (Å²) in [5, 5.41) is 8.06. The maximum absolute atomic E-state index is 14.1. The largest absolute Gasteiger partial charge is 0.465 e. The Hall–Kier alpha value is -2.61. The molecule has 0 amide bonds. The van der Waals surface area contributed by atoms with E-state index in [4.69, 9.17) is 0 Å². The molecular weight excluding hydrogens is 379 g/mol. The Labute approximate surface area is 145 Å². The highest BCUT2D eigenvalue weighted by molar-refractivity contribution is 9.10. The maximum atomic E-state index is 14.1. The third kappa shape index (κ3) is 3.48. The van der Waals surface area contributed by atoms with Crippen LogP contribution >= 0.6 is 15.9 Å². The fourth-order valence-corrected chi connectivity index (χ4v) is 2.36. The number of benzene rings is 1. The predicted octanol–water partition coefficient (Wildman–Crippen LogP) is 3.08. The molecule has 3 rings (SSSR count). The van der Waals surface area contributed by atoms with E-state index < -0.39 is 11.8 Å². The predicted molar refractivity (Wildman–Crippen MR) is 87.8 cm³/mol. The van der Waals surface area contributed by atoms with Gasteiger partial charge in [-0.25, -0.2) is 13.9 Å². The number of methoxy groups -OCH3 is 1. The highest BCUT2D eigenvalue weighted by Crippen LogP contribution is 2.19. The number of halogens is 2. The van der Waals surface area contributed by atoms with Crippen molar-refractivity contribution in [2.75, 3.05) is 7.11 Å². The van der Waals surface area contributed by atoms with Crippen LogP contribution in [0.2, 0.25) is 0 Å². The summed E-state index contributed by atoms with van der Waals surface area (Å²) in [7, 11) is 1.23. The van der Waals surface area contributed by atoms with Crippen LogP contribution in [-0.4, -0.2) is 33.1 Å². The normalized spacial score (nSPS) is 10.6. The van der Waals surface area contributed by atoms with Gasteiger partial charge in [0.1, 0.15) is 11.5 Å². The molecule has 0 fully saturated rings. The molecule has 2 heterocycles. The van der Waals surface area contributed by atoms with Crippen molar-refractivity contribution < 1.29 is 13.9 Å². The Bertz CT molecular complexity index is 880. The summed E-state index contributed by atoms with van der Waals surface area (Å²) in [4.78, 5) is 15.3. The summed E-state index contributed by atoms with van der Waals surface area (Å²) in [6.45, 7) is 0.108. The monoisotopic (exact) mass is 390 g/mol. The van der Waals surface area contributed by atoms with Crippen molar-refractivity contribution in [2.45, 2.75) is 6.54 Å². The van der Waals surface area contributed by atoms with E-state index in [1.807, 2.05) is 24.3 Å². The summed E-state index contributed by atoms with van der Waals surface area (Å²) in [5.41, 5.74) is 1.80. The molecule has 6 nitrogen and oxygen atoms in total. The van der Waals surface area contributed by atoms with Crippen molar-refractivity contribution in [1.82, 2.24) is 20.0 Å². The zero-order valence-corrected chi connectivity index (χ0v) is 14.2. The van der Waals surface area contributed by atoms with Crippen LogP contribution < -0.4 is 0 Å². The molecular formula is C16H12BrFN4O2. The Balaban J connectivity index is 1.80. The average molecular weight is 391 g/mol. The second-order valence-corrected chi connectivity index (χ2v) is 5.87. The second-order valence-electron chi connectivity index (χ2n) is 4.95. The number of rotatable bonds is 4. The Kier molecular flexibility index (Phi) is 4.66. The molecule has 2 aromatic heterocycles. The van der Waals surface area contributed by atoms with Crippen LogP contribution in [0.25, 0.3) is 11.3 Å². The molecule has 0 bridgehead atoms. The summed E-state index contributed by atoms with van der Waals surface area (Å²) < 4.78 is 21.1.